The van der Waals surface area contributed by atoms with E-state index in [1.807, 2.05) is 0 Å². The molecule has 1 unspecified atom stereocenters. The SMILES string of the molecule is N/C(=N/O)c1ccc(CNCC(O)C(F)(F)F)c(F)c1. The molecular formula is C11H13F4N3O2. The molecule has 0 fully saturated rings. The molecule has 0 aliphatic carbocycles. The van der Waals surface area contributed by atoms with Gasteiger partial charge in [-0.2, -0.15) is 13.2 Å². The van der Waals surface area contributed by atoms with Gasteiger partial charge in [-0.15, -0.1) is 0 Å². The van der Waals surface area contributed by atoms with Crippen LogP contribution in [-0.4, -0.2) is 35.0 Å². The number of aliphatic hydroxyl groups excluding tert-OH is 1. The molecule has 1 aromatic carbocycles. The minimum atomic E-state index is -4.72. The lowest BCUT2D eigenvalue weighted by molar-refractivity contribution is -0.201. The molecule has 0 bridgehead atoms. The molecule has 5 nitrogen and oxygen atoms in total. The number of aliphatic hydroxyl groups is 1. The fourth-order valence-electron chi connectivity index (χ4n) is 1.37. The lowest BCUT2D eigenvalue weighted by Crippen LogP contribution is -2.38. The van der Waals surface area contributed by atoms with Crippen LogP contribution < -0.4 is 11.1 Å². The van der Waals surface area contributed by atoms with E-state index in [1.165, 1.54) is 12.1 Å². The van der Waals surface area contributed by atoms with Gasteiger partial charge in [0.05, 0.1) is 0 Å². The average Bonchev–Trinajstić information content (AvgIpc) is 2.38. The largest absolute Gasteiger partial charge is 0.415 e. The van der Waals surface area contributed by atoms with Gasteiger partial charge in [-0.1, -0.05) is 17.3 Å². The summed E-state index contributed by atoms with van der Waals surface area (Å²) in [6, 6.07) is 3.64. The van der Waals surface area contributed by atoms with Crippen LogP contribution in [0.4, 0.5) is 17.6 Å². The summed E-state index contributed by atoms with van der Waals surface area (Å²) >= 11 is 0. The second-order valence-corrected chi connectivity index (χ2v) is 3.98. The first kappa shape index (κ1) is 16.2. The van der Waals surface area contributed by atoms with Gasteiger partial charge in [0, 0.05) is 24.2 Å². The van der Waals surface area contributed by atoms with Gasteiger partial charge in [-0.25, -0.2) is 4.39 Å². The summed E-state index contributed by atoms with van der Waals surface area (Å²) in [4.78, 5) is 0. The molecule has 112 valence electrons. The summed E-state index contributed by atoms with van der Waals surface area (Å²) in [6.45, 7) is -0.944. The van der Waals surface area contributed by atoms with Crippen LogP contribution in [0, 0.1) is 5.82 Å². The van der Waals surface area contributed by atoms with E-state index in [0.29, 0.717) is 0 Å². The van der Waals surface area contributed by atoms with E-state index in [-0.39, 0.29) is 23.5 Å². The van der Waals surface area contributed by atoms with Crippen molar-refractivity contribution in [2.24, 2.45) is 10.9 Å². The van der Waals surface area contributed by atoms with Crippen molar-refractivity contribution in [3.05, 3.63) is 35.1 Å². The van der Waals surface area contributed by atoms with Crippen LogP contribution in [0.25, 0.3) is 0 Å². The van der Waals surface area contributed by atoms with E-state index in [2.05, 4.69) is 10.5 Å². The van der Waals surface area contributed by atoms with Crippen LogP contribution in [0.1, 0.15) is 11.1 Å². The second kappa shape index (κ2) is 6.53. The highest BCUT2D eigenvalue weighted by atomic mass is 19.4. The number of halogens is 4. The molecule has 1 aromatic rings. The van der Waals surface area contributed by atoms with Gasteiger partial charge in [-0.3, -0.25) is 0 Å². The monoisotopic (exact) mass is 295 g/mol. The Labute approximate surface area is 111 Å². The lowest BCUT2D eigenvalue weighted by Gasteiger charge is -2.15. The Hall–Kier alpha value is -1.87. The number of nitrogens with one attached hydrogen (secondary N) is 1. The third kappa shape index (κ3) is 4.35. The average molecular weight is 295 g/mol. The van der Waals surface area contributed by atoms with Gasteiger partial charge in [0.15, 0.2) is 11.9 Å². The number of amidine groups is 1. The maximum atomic E-state index is 13.6. The number of hydrogen-bond acceptors (Lipinski definition) is 4. The molecule has 0 aliphatic rings. The van der Waals surface area contributed by atoms with Crippen molar-refractivity contribution in [2.45, 2.75) is 18.8 Å². The maximum absolute atomic E-state index is 13.6. The molecule has 0 heterocycles. The molecule has 0 saturated heterocycles. The zero-order valence-electron chi connectivity index (χ0n) is 10.2. The molecule has 1 rings (SSSR count). The van der Waals surface area contributed by atoms with Crippen molar-refractivity contribution in [3.8, 4) is 0 Å². The van der Waals surface area contributed by atoms with Crippen molar-refractivity contribution in [1.82, 2.24) is 5.32 Å². The zero-order valence-corrected chi connectivity index (χ0v) is 10.2. The molecule has 0 amide bonds. The van der Waals surface area contributed by atoms with Crippen molar-refractivity contribution >= 4 is 5.84 Å². The van der Waals surface area contributed by atoms with Crippen molar-refractivity contribution in [2.75, 3.05) is 6.54 Å². The van der Waals surface area contributed by atoms with Crippen LogP contribution in [0.15, 0.2) is 23.4 Å². The van der Waals surface area contributed by atoms with E-state index in [4.69, 9.17) is 16.0 Å². The standard InChI is InChI=1S/C11H13F4N3O2/c12-8-3-6(10(16)18-20)1-2-7(8)4-17-5-9(19)11(13,14)15/h1-3,9,17,19-20H,4-5H2,(H2,16,18). The first-order chi connectivity index (χ1) is 9.25. The molecule has 1 atom stereocenters. The minimum absolute atomic E-state index is 0.0915. The fraction of sp³-hybridized carbons (Fsp3) is 0.364. The minimum Gasteiger partial charge on any atom is -0.409 e. The highest BCUT2D eigenvalue weighted by Gasteiger charge is 2.37. The second-order valence-electron chi connectivity index (χ2n) is 3.98. The highest BCUT2D eigenvalue weighted by molar-refractivity contribution is 5.97. The van der Waals surface area contributed by atoms with Crippen LogP contribution in [0.5, 0.6) is 0 Å². The predicted octanol–water partition coefficient (Wildman–Crippen LogP) is 0.933. The number of hydrogen-bond donors (Lipinski definition) is 4. The topological polar surface area (TPSA) is 90.9 Å². The van der Waals surface area contributed by atoms with E-state index in [1.54, 1.807) is 0 Å². The van der Waals surface area contributed by atoms with Crippen LogP contribution in [-0.2, 0) is 6.54 Å². The molecule has 5 N–H and O–H groups in total. The summed E-state index contributed by atoms with van der Waals surface area (Å²) < 4.78 is 49.6. The third-order valence-electron chi connectivity index (χ3n) is 2.49. The van der Waals surface area contributed by atoms with Gasteiger partial charge in [-0.05, 0) is 6.07 Å². The van der Waals surface area contributed by atoms with Gasteiger partial charge >= 0.3 is 6.18 Å². The molecular weight excluding hydrogens is 282 g/mol. The summed E-state index contributed by atoms with van der Waals surface area (Å²) in [5.41, 5.74) is 5.49. The first-order valence-electron chi connectivity index (χ1n) is 5.47. The van der Waals surface area contributed by atoms with E-state index >= 15 is 0 Å². The fourth-order valence-corrected chi connectivity index (χ4v) is 1.37. The zero-order chi connectivity index (χ0) is 15.3. The van der Waals surface area contributed by atoms with Crippen molar-refractivity contribution < 1.29 is 27.9 Å². The first-order valence-corrected chi connectivity index (χ1v) is 5.47. The predicted molar refractivity (Wildman–Crippen MR) is 62.7 cm³/mol. The van der Waals surface area contributed by atoms with Crippen LogP contribution >= 0.6 is 0 Å². The van der Waals surface area contributed by atoms with E-state index in [9.17, 15) is 17.6 Å². The van der Waals surface area contributed by atoms with Gasteiger partial charge in [0.1, 0.15) is 5.82 Å². The Morgan fingerprint density at radius 3 is 2.55 bits per heavy atom. The van der Waals surface area contributed by atoms with Crippen molar-refractivity contribution in [1.29, 1.82) is 0 Å². The number of rotatable bonds is 5. The molecule has 0 saturated carbocycles. The molecule has 0 aromatic heterocycles. The van der Waals surface area contributed by atoms with Crippen LogP contribution in [0.3, 0.4) is 0 Å². The normalized spacial score (nSPS) is 14.3. The van der Waals surface area contributed by atoms with Crippen molar-refractivity contribution in [3.63, 3.8) is 0 Å². The van der Waals surface area contributed by atoms with Gasteiger partial charge in [0.25, 0.3) is 0 Å². The van der Waals surface area contributed by atoms with E-state index < -0.39 is 24.6 Å². The Balaban J connectivity index is 2.62. The number of oxime groups is 1. The summed E-state index contributed by atoms with van der Waals surface area (Å²) in [5, 5.41) is 22.1. The number of nitrogens with two attached hydrogens (primary N) is 1. The Morgan fingerprint density at radius 1 is 1.40 bits per heavy atom. The molecule has 0 spiro atoms. The Morgan fingerprint density at radius 2 is 2.05 bits per heavy atom. The highest BCUT2D eigenvalue weighted by Crippen LogP contribution is 2.19. The summed E-state index contributed by atoms with van der Waals surface area (Å²) in [6.07, 6.45) is -7.23. The van der Waals surface area contributed by atoms with Crippen LogP contribution in [0.2, 0.25) is 0 Å². The maximum Gasteiger partial charge on any atom is 0.415 e. The quantitative estimate of drug-likeness (QED) is 0.214. The van der Waals surface area contributed by atoms with Gasteiger partial charge in [0.2, 0.25) is 0 Å². The summed E-state index contributed by atoms with van der Waals surface area (Å²) in [5.74, 6) is -1.00. The summed E-state index contributed by atoms with van der Waals surface area (Å²) in [7, 11) is 0. The third-order valence-corrected chi connectivity index (χ3v) is 2.49. The molecule has 0 radical (unpaired) electrons. The Kier molecular flexibility index (Phi) is 5.28. The lowest BCUT2D eigenvalue weighted by atomic mass is 10.1. The molecule has 0 aliphatic heterocycles. The smallest absolute Gasteiger partial charge is 0.409 e. The molecule has 9 heteroatoms. The number of nitrogens with zero attached hydrogens (tertiary/aromatic N) is 1. The molecule has 20 heavy (non-hydrogen) atoms. The van der Waals surface area contributed by atoms with E-state index in [0.717, 1.165) is 6.07 Å². The number of alkyl halides is 3. The number of benzene rings is 1. The Bertz CT molecular complexity index is 491. The van der Waals surface area contributed by atoms with Gasteiger partial charge < -0.3 is 21.4 Å².